The van der Waals surface area contributed by atoms with E-state index in [2.05, 4.69) is 52.5 Å². The first-order chi connectivity index (χ1) is 15.3. The summed E-state index contributed by atoms with van der Waals surface area (Å²) in [5.74, 6) is 2.46. The quantitative estimate of drug-likeness (QED) is 0.188. The number of nitrogens with one attached hydrogen (secondary N) is 2. The zero-order chi connectivity index (χ0) is 21.3. The number of hydrogen-bond donors (Lipinski definition) is 2. The van der Waals surface area contributed by atoms with Crippen LogP contribution >= 0.6 is 24.0 Å². The van der Waals surface area contributed by atoms with Gasteiger partial charge in [0.25, 0.3) is 0 Å². The Labute approximate surface area is 205 Å². The van der Waals surface area contributed by atoms with E-state index in [-0.39, 0.29) is 24.0 Å². The van der Waals surface area contributed by atoms with Crippen LogP contribution < -0.4 is 15.5 Å². The van der Waals surface area contributed by atoms with Crippen molar-refractivity contribution in [3.8, 4) is 0 Å². The van der Waals surface area contributed by atoms with Gasteiger partial charge in [0, 0.05) is 57.9 Å². The van der Waals surface area contributed by atoms with Crippen LogP contribution in [0.3, 0.4) is 0 Å². The molecule has 4 heterocycles. The summed E-state index contributed by atoms with van der Waals surface area (Å²) in [5.41, 5.74) is 0.838. The molecule has 4 rings (SSSR count). The molecule has 0 bridgehead atoms. The Morgan fingerprint density at radius 3 is 2.62 bits per heavy atom. The molecule has 0 aliphatic carbocycles. The van der Waals surface area contributed by atoms with E-state index in [0.29, 0.717) is 6.54 Å². The van der Waals surface area contributed by atoms with E-state index in [0.717, 1.165) is 75.6 Å². The van der Waals surface area contributed by atoms with Gasteiger partial charge in [-0.2, -0.15) is 0 Å². The molecule has 0 radical (unpaired) electrons. The lowest BCUT2D eigenvalue weighted by atomic mass is 10.3. The van der Waals surface area contributed by atoms with Crippen LogP contribution in [0.4, 0.5) is 5.95 Å². The van der Waals surface area contributed by atoms with Gasteiger partial charge in [-0.1, -0.05) is 6.07 Å². The number of fused-ring (bicyclic) bond motifs is 1. The Morgan fingerprint density at radius 2 is 1.84 bits per heavy atom. The largest absolute Gasteiger partial charge is 0.357 e. The minimum absolute atomic E-state index is 0. The van der Waals surface area contributed by atoms with E-state index in [1.807, 2.05) is 34.9 Å². The number of halogens is 1. The van der Waals surface area contributed by atoms with Gasteiger partial charge in [-0.3, -0.25) is 9.30 Å². The highest BCUT2D eigenvalue weighted by molar-refractivity contribution is 14.0. The minimum Gasteiger partial charge on any atom is -0.357 e. The molecular formula is C21H31IN10. The van der Waals surface area contributed by atoms with Crippen molar-refractivity contribution < 1.29 is 0 Å². The third-order valence-electron chi connectivity index (χ3n) is 5.26. The molecule has 0 aromatic carbocycles. The Kier molecular flexibility index (Phi) is 9.41. The lowest BCUT2D eigenvalue weighted by Gasteiger charge is -2.34. The molecule has 32 heavy (non-hydrogen) atoms. The van der Waals surface area contributed by atoms with Gasteiger partial charge in [0.2, 0.25) is 5.95 Å². The molecule has 0 saturated carbocycles. The third-order valence-corrected chi connectivity index (χ3v) is 5.26. The van der Waals surface area contributed by atoms with Crippen LogP contribution in [0.15, 0.2) is 47.8 Å². The molecule has 10 nitrogen and oxygen atoms in total. The molecule has 1 fully saturated rings. The number of aromatic nitrogens is 5. The maximum absolute atomic E-state index is 4.67. The third kappa shape index (κ3) is 6.48. The van der Waals surface area contributed by atoms with Crippen molar-refractivity contribution in [1.82, 2.24) is 40.1 Å². The number of guanidine groups is 1. The summed E-state index contributed by atoms with van der Waals surface area (Å²) < 4.78 is 1.97. The summed E-state index contributed by atoms with van der Waals surface area (Å²) in [4.78, 5) is 18.1. The molecular weight excluding hydrogens is 519 g/mol. The fourth-order valence-electron chi connectivity index (χ4n) is 3.63. The Morgan fingerprint density at radius 1 is 1.03 bits per heavy atom. The van der Waals surface area contributed by atoms with E-state index in [9.17, 15) is 0 Å². The average Bonchev–Trinajstić information content (AvgIpc) is 3.24. The Balaban J connectivity index is 0.00000289. The molecule has 1 aliphatic heterocycles. The van der Waals surface area contributed by atoms with Crippen molar-refractivity contribution in [2.24, 2.45) is 4.99 Å². The molecule has 0 amide bonds. The van der Waals surface area contributed by atoms with Gasteiger partial charge < -0.3 is 15.5 Å². The number of pyridine rings is 1. The number of hydrogen-bond acceptors (Lipinski definition) is 7. The summed E-state index contributed by atoms with van der Waals surface area (Å²) in [5, 5.41) is 15.2. The van der Waals surface area contributed by atoms with Gasteiger partial charge in [-0.15, -0.1) is 34.2 Å². The van der Waals surface area contributed by atoms with Gasteiger partial charge in [0.05, 0.1) is 0 Å². The summed E-state index contributed by atoms with van der Waals surface area (Å²) >= 11 is 0. The second kappa shape index (κ2) is 12.5. The molecule has 11 heteroatoms. The normalized spacial score (nSPS) is 14.9. The van der Waals surface area contributed by atoms with E-state index in [1.54, 1.807) is 12.4 Å². The van der Waals surface area contributed by atoms with E-state index >= 15 is 0 Å². The molecule has 3 aromatic heterocycles. The van der Waals surface area contributed by atoms with Gasteiger partial charge in [-0.25, -0.2) is 15.0 Å². The molecule has 0 spiro atoms. The highest BCUT2D eigenvalue weighted by Crippen LogP contribution is 2.09. The van der Waals surface area contributed by atoms with Crippen LogP contribution in [0.5, 0.6) is 0 Å². The molecule has 0 atom stereocenters. The molecule has 1 saturated heterocycles. The van der Waals surface area contributed by atoms with Crippen LogP contribution in [-0.4, -0.2) is 81.2 Å². The van der Waals surface area contributed by atoms with E-state index in [4.69, 9.17) is 0 Å². The van der Waals surface area contributed by atoms with Crippen molar-refractivity contribution in [2.45, 2.75) is 19.9 Å². The van der Waals surface area contributed by atoms with Crippen LogP contribution in [-0.2, 0) is 6.54 Å². The molecule has 2 N–H and O–H groups in total. The monoisotopic (exact) mass is 550 g/mol. The topological polar surface area (TPSA) is 98.9 Å². The predicted octanol–water partition coefficient (Wildman–Crippen LogP) is 1.40. The predicted molar refractivity (Wildman–Crippen MR) is 137 cm³/mol. The number of aliphatic imine (C=N–C) groups is 1. The maximum atomic E-state index is 4.67. The zero-order valence-electron chi connectivity index (χ0n) is 18.4. The van der Waals surface area contributed by atoms with Gasteiger partial charge in [0.1, 0.15) is 6.54 Å². The van der Waals surface area contributed by atoms with Gasteiger partial charge in [-0.05, 0) is 38.1 Å². The van der Waals surface area contributed by atoms with Crippen molar-refractivity contribution in [3.05, 3.63) is 48.7 Å². The number of piperazine rings is 1. The fraction of sp³-hybridized carbons (Fsp3) is 0.476. The van der Waals surface area contributed by atoms with Crippen LogP contribution in [0, 0.1) is 0 Å². The van der Waals surface area contributed by atoms with E-state index in [1.165, 1.54) is 0 Å². The molecule has 172 valence electrons. The lowest BCUT2D eigenvalue weighted by molar-refractivity contribution is 0.254. The van der Waals surface area contributed by atoms with Crippen molar-refractivity contribution in [1.29, 1.82) is 0 Å². The smallest absolute Gasteiger partial charge is 0.225 e. The first kappa shape index (κ1) is 24.1. The average molecular weight is 550 g/mol. The van der Waals surface area contributed by atoms with Gasteiger partial charge >= 0.3 is 0 Å². The SMILES string of the molecule is CCNC(=NCc1nnc2ccccn12)NCCCN1CCN(c2ncccn2)CC1.I. The Bertz CT molecular complexity index is 969. The lowest BCUT2D eigenvalue weighted by Crippen LogP contribution is -2.47. The van der Waals surface area contributed by atoms with Crippen LogP contribution in [0.2, 0.25) is 0 Å². The standard InChI is InChI=1S/C21H30N10.HI/c1-2-22-20(26-17-19-28-27-18-7-3-4-12-31(18)19)23-10-6-11-29-13-15-30(16-14-29)21-24-8-5-9-25-21;/h3-5,7-9,12H,2,6,10-11,13-17H2,1H3,(H2,22,23,26);1H. The molecule has 3 aromatic rings. The molecule has 1 aliphatic rings. The first-order valence-corrected chi connectivity index (χ1v) is 10.9. The zero-order valence-corrected chi connectivity index (χ0v) is 20.7. The number of anilines is 1. The fourth-order valence-corrected chi connectivity index (χ4v) is 3.63. The highest BCUT2D eigenvalue weighted by atomic mass is 127. The van der Waals surface area contributed by atoms with Gasteiger partial charge in [0.15, 0.2) is 17.4 Å². The number of rotatable bonds is 8. The molecule has 0 unspecified atom stereocenters. The maximum Gasteiger partial charge on any atom is 0.225 e. The van der Waals surface area contributed by atoms with E-state index < -0.39 is 0 Å². The summed E-state index contributed by atoms with van der Waals surface area (Å²) in [7, 11) is 0. The van der Waals surface area contributed by atoms with Crippen molar-refractivity contribution >= 4 is 41.5 Å². The second-order valence-corrected chi connectivity index (χ2v) is 7.40. The summed E-state index contributed by atoms with van der Waals surface area (Å²) in [6.45, 7) is 9.29. The highest BCUT2D eigenvalue weighted by Gasteiger charge is 2.18. The van der Waals surface area contributed by atoms with Crippen LogP contribution in [0.25, 0.3) is 5.65 Å². The van der Waals surface area contributed by atoms with Crippen molar-refractivity contribution in [2.75, 3.05) is 50.7 Å². The van der Waals surface area contributed by atoms with Crippen LogP contribution in [0.1, 0.15) is 19.2 Å². The summed E-state index contributed by atoms with van der Waals surface area (Å²) in [6.07, 6.45) is 6.62. The second-order valence-electron chi connectivity index (χ2n) is 7.40. The van der Waals surface area contributed by atoms with Crippen molar-refractivity contribution in [3.63, 3.8) is 0 Å². The Hall–Kier alpha value is -2.54. The first-order valence-electron chi connectivity index (χ1n) is 10.9. The minimum atomic E-state index is 0. The number of nitrogens with zero attached hydrogens (tertiary/aromatic N) is 8. The summed E-state index contributed by atoms with van der Waals surface area (Å²) in [6, 6.07) is 7.72.